The van der Waals surface area contributed by atoms with Gasteiger partial charge in [-0.3, -0.25) is 0 Å². The van der Waals surface area contributed by atoms with Crippen LogP contribution >= 0.6 is 0 Å². The molecule has 0 aliphatic heterocycles. The summed E-state index contributed by atoms with van der Waals surface area (Å²) in [6.45, 7) is 1.84. The molecule has 3 rings (SSSR count). The van der Waals surface area contributed by atoms with Gasteiger partial charge in [0.25, 0.3) is 0 Å². The number of benzene rings is 2. The molecular formula is C18H15F3N2O3S. The number of hydrogen-bond acceptors (Lipinski definition) is 4. The molecule has 0 radical (unpaired) electrons. The van der Waals surface area contributed by atoms with E-state index in [0.29, 0.717) is 23.9 Å². The van der Waals surface area contributed by atoms with E-state index in [4.69, 9.17) is 4.18 Å². The average Bonchev–Trinajstić information content (AvgIpc) is 3.04. The summed E-state index contributed by atoms with van der Waals surface area (Å²) >= 11 is 0. The van der Waals surface area contributed by atoms with Gasteiger partial charge in [-0.1, -0.05) is 31.2 Å². The van der Waals surface area contributed by atoms with Crippen LogP contribution in [-0.2, 0) is 22.7 Å². The predicted molar refractivity (Wildman–Crippen MR) is 92.2 cm³/mol. The van der Waals surface area contributed by atoms with Crippen LogP contribution in [-0.4, -0.2) is 18.2 Å². The Hall–Kier alpha value is -2.81. The van der Waals surface area contributed by atoms with E-state index in [1.54, 1.807) is 30.3 Å². The van der Waals surface area contributed by atoms with Crippen molar-refractivity contribution in [2.24, 2.45) is 0 Å². The van der Waals surface area contributed by atoms with Crippen molar-refractivity contribution in [1.29, 1.82) is 0 Å². The maximum absolute atomic E-state index is 12.9. The average molecular weight is 396 g/mol. The molecule has 1 aromatic heterocycles. The van der Waals surface area contributed by atoms with Gasteiger partial charge in [0, 0.05) is 6.07 Å². The van der Waals surface area contributed by atoms with Gasteiger partial charge in [0.2, 0.25) is 5.88 Å². The Morgan fingerprint density at radius 3 is 2.37 bits per heavy atom. The fourth-order valence-electron chi connectivity index (χ4n) is 2.39. The molecule has 0 saturated carbocycles. The van der Waals surface area contributed by atoms with E-state index >= 15 is 0 Å². The smallest absolute Gasteiger partial charge is 0.358 e. The van der Waals surface area contributed by atoms with Gasteiger partial charge in [-0.15, -0.1) is 0 Å². The highest BCUT2D eigenvalue weighted by atomic mass is 32.2. The van der Waals surface area contributed by atoms with Crippen LogP contribution in [0.5, 0.6) is 5.88 Å². The second-order valence-corrected chi connectivity index (χ2v) is 7.18. The van der Waals surface area contributed by atoms with Crippen LogP contribution in [0, 0.1) is 0 Å². The monoisotopic (exact) mass is 396 g/mol. The van der Waals surface area contributed by atoms with Crippen LogP contribution in [0.1, 0.15) is 18.2 Å². The molecular weight excluding hydrogens is 381 g/mol. The molecule has 0 aliphatic rings. The maximum atomic E-state index is 12.9. The minimum atomic E-state index is -4.66. The Labute approximate surface area is 154 Å². The Kier molecular flexibility index (Phi) is 4.97. The lowest BCUT2D eigenvalue weighted by atomic mass is 10.2. The summed E-state index contributed by atoms with van der Waals surface area (Å²) in [4.78, 5) is -0.587. The summed E-state index contributed by atoms with van der Waals surface area (Å²) in [5.41, 5.74) is 0.0672. The standard InChI is InChI=1S/C18H15F3N2O3S/c1-2-14-12-17(23(22-14)15-8-4-3-5-9-15)26-27(24,25)16-10-6-7-13(11-16)18(19,20)21/h3-12H,2H2,1H3. The number of nitrogens with zero attached hydrogens (tertiary/aromatic N) is 2. The molecule has 5 nitrogen and oxygen atoms in total. The van der Waals surface area contributed by atoms with Crippen molar-refractivity contribution in [3.8, 4) is 11.6 Å². The predicted octanol–water partition coefficient (Wildman–Crippen LogP) is 4.22. The van der Waals surface area contributed by atoms with E-state index in [2.05, 4.69) is 5.10 Å². The third kappa shape index (κ3) is 4.13. The quantitative estimate of drug-likeness (QED) is 0.606. The zero-order valence-corrected chi connectivity index (χ0v) is 15.0. The first-order valence-corrected chi connectivity index (χ1v) is 9.37. The zero-order valence-electron chi connectivity index (χ0n) is 14.1. The number of rotatable bonds is 5. The molecule has 27 heavy (non-hydrogen) atoms. The fourth-order valence-corrected chi connectivity index (χ4v) is 3.34. The van der Waals surface area contributed by atoms with Gasteiger partial charge in [0.15, 0.2) is 0 Å². The molecule has 0 spiro atoms. The number of halogens is 3. The number of para-hydroxylation sites is 1. The molecule has 142 valence electrons. The highest BCUT2D eigenvalue weighted by molar-refractivity contribution is 7.87. The highest BCUT2D eigenvalue weighted by Gasteiger charge is 2.32. The molecule has 1 heterocycles. The van der Waals surface area contributed by atoms with E-state index in [1.165, 1.54) is 10.7 Å². The topological polar surface area (TPSA) is 61.2 Å². The Balaban J connectivity index is 2.01. The number of aromatic nitrogens is 2. The van der Waals surface area contributed by atoms with Crippen molar-refractivity contribution in [2.75, 3.05) is 0 Å². The maximum Gasteiger partial charge on any atom is 0.416 e. The minimum absolute atomic E-state index is 0.101. The van der Waals surface area contributed by atoms with Crippen LogP contribution in [0.25, 0.3) is 5.69 Å². The van der Waals surface area contributed by atoms with Gasteiger partial charge in [-0.05, 0) is 36.8 Å². The summed E-state index contributed by atoms with van der Waals surface area (Å²) in [6, 6.07) is 13.5. The van der Waals surface area contributed by atoms with Gasteiger partial charge >= 0.3 is 16.3 Å². The van der Waals surface area contributed by atoms with Crippen molar-refractivity contribution in [3.63, 3.8) is 0 Å². The molecule has 0 unspecified atom stereocenters. The molecule has 2 aromatic carbocycles. The van der Waals surface area contributed by atoms with Crippen molar-refractivity contribution >= 4 is 10.1 Å². The molecule has 9 heteroatoms. The third-order valence-corrected chi connectivity index (χ3v) is 4.96. The molecule has 0 atom stereocenters. The summed E-state index contributed by atoms with van der Waals surface area (Å²) in [6.07, 6.45) is -4.13. The fraction of sp³-hybridized carbons (Fsp3) is 0.167. The third-order valence-electron chi connectivity index (χ3n) is 3.74. The number of alkyl halides is 3. The number of hydrogen-bond donors (Lipinski definition) is 0. The summed E-state index contributed by atoms with van der Waals surface area (Å²) in [7, 11) is -4.48. The molecule has 0 fully saturated rings. The summed E-state index contributed by atoms with van der Waals surface area (Å²) in [5.74, 6) is -0.101. The lowest BCUT2D eigenvalue weighted by Crippen LogP contribution is -2.14. The summed E-state index contributed by atoms with van der Waals surface area (Å²) in [5, 5.41) is 4.28. The Bertz CT molecular complexity index is 1050. The van der Waals surface area contributed by atoms with Crippen molar-refractivity contribution < 1.29 is 25.8 Å². The van der Waals surface area contributed by atoms with E-state index in [9.17, 15) is 21.6 Å². The lowest BCUT2D eigenvalue weighted by Gasteiger charge is -2.11. The van der Waals surface area contributed by atoms with Crippen LogP contribution in [0.3, 0.4) is 0 Å². The molecule has 0 N–H and O–H groups in total. The number of aryl methyl sites for hydroxylation is 1. The van der Waals surface area contributed by atoms with Crippen molar-refractivity contribution in [1.82, 2.24) is 9.78 Å². The SMILES string of the molecule is CCc1cc(OS(=O)(=O)c2cccc(C(F)(F)F)c2)n(-c2ccccc2)n1. The Morgan fingerprint density at radius 1 is 1.04 bits per heavy atom. The van der Waals surface area contributed by atoms with E-state index in [1.807, 2.05) is 6.92 Å². The van der Waals surface area contributed by atoms with Crippen molar-refractivity contribution in [2.45, 2.75) is 24.4 Å². The zero-order chi connectivity index (χ0) is 19.7. The van der Waals surface area contributed by atoms with Gasteiger partial charge in [-0.2, -0.15) is 31.4 Å². The normalized spacial score (nSPS) is 12.1. The second kappa shape index (κ2) is 7.07. The largest absolute Gasteiger partial charge is 0.416 e. The highest BCUT2D eigenvalue weighted by Crippen LogP contribution is 2.31. The van der Waals surface area contributed by atoms with Crippen molar-refractivity contribution in [3.05, 3.63) is 71.9 Å². The molecule has 3 aromatic rings. The molecule has 0 aliphatic carbocycles. The molecule has 0 saturated heterocycles. The minimum Gasteiger partial charge on any atom is -0.358 e. The van der Waals surface area contributed by atoms with Gasteiger partial charge in [0.05, 0.1) is 16.9 Å². The van der Waals surface area contributed by atoms with E-state index in [-0.39, 0.29) is 5.88 Å². The van der Waals surface area contributed by atoms with Crippen LogP contribution in [0.15, 0.2) is 65.6 Å². The second-order valence-electron chi connectivity index (χ2n) is 5.64. The Morgan fingerprint density at radius 2 is 1.74 bits per heavy atom. The summed E-state index contributed by atoms with van der Waals surface area (Å²) < 4.78 is 70.1. The van der Waals surface area contributed by atoms with Gasteiger partial charge < -0.3 is 4.18 Å². The van der Waals surface area contributed by atoms with Crippen LogP contribution in [0.4, 0.5) is 13.2 Å². The van der Waals surface area contributed by atoms with E-state index < -0.39 is 26.8 Å². The first kappa shape index (κ1) is 19.0. The van der Waals surface area contributed by atoms with Crippen LogP contribution in [0.2, 0.25) is 0 Å². The van der Waals surface area contributed by atoms with Gasteiger partial charge in [-0.25, -0.2) is 0 Å². The van der Waals surface area contributed by atoms with Gasteiger partial charge in [0.1, 0.15) is 4.90 Å². The first-order valence-electron chi connectivity index (χ1n) is 7.97. The molecule has 0 amide bonds. The van der Waals surface area contributed by atoms with E-state index in [0.717, 1.165) is 18.2 Å². The molecule has 0 bridgehead atoms. The first-order chi connectivity index (χ1) is 12.7. The van der Waals surface area contributed by atoms with Crippen LogP contribution < -0.4 is 4.18 Å². The lowest BCUT2D eigenvalue weighted by molar-refractivity contribution is -0.137.